The van der Waals surface area contributed by atoms with E-state index in [9.17, 15) is 14.4 Å². The number of hydrogen-bond acceptors (Lipinski definition) is 11. The molecule has 0 bridgehead atoms. The van der Waals surface area contributed by atoms with Crippen molar-refractivity contribution in [3.8, 4) is 0 Å². The predicted octanol–water partition coefficient (Wildman–Crippen LogP) is 1.68. The highest BCUT2D eigenvalue weighted by Gasteiger charge is 2.38. The summed E-state index contributed by atoms with van der Waals surface area (Å²) in [7, 11) is -2.08. The van der Waals surface area contributed by atoms with Crippen molar-refractivity contribution < 1.29 is 33.0 Å². The summed E-state index contributed by atoms with van der Waals surface area (Å²) in [6.45, 7) is 12.9. The summed E-state index contributed by atoms with van der Waals surface area (Å²) in [6.07, 6.45) is 0.916. The Morgan fingerprint density at radius 3 is 2.58 bits per heavy atom. The zero-order valence-electron chi connectivity index (χ0n) is 21.7. The normalized spacial score (nSPS) is 20.6. The van der Waals surface area contributed by atoms with Crippen LogP contribution in [0.25, 0.3) is 0 Å². The molecule has 2 fully saturated rings. The van der Waals surface area contributed by atoms with Gasteiger partial charge in [0.05, 0.1) is 26.4 Å². The largest absolute Gasteiger partial charge is 0.415 e. The average Bonchev–Trinajstić information content (AvgIpc) is 3.33. The Bertz CT molecular complexity index is 922. The smallest absolute Gasteiger partial charge is 0.365 e. The average molecular weight is 543 g/mol. The van der Waals surface area contributed by atoms with E-state index < -0.39 is 32.4 Å². The molecule has 1 aromatic heterocycles. The molecule has 0 aromatic carbocycles. The third-order valence-electron chi connectivity index (χ3n) is 6.85. The van der Waals surface area contributed by atoms with Gasteiger partial charge in [-0.2, -0.15) is 0 Å². The van der Waals surface area contributed by atoms with Gasteiger partial charge >= 0.3 is 11.9 Å². The van der Waals surface area contributed by atoms with Crippen LogP contribution >= 0.6 is 11.3 Å². The van der Waals surface area contributed by atoms with Gasteiger partial charge < -0.3 is 34.6 Å². The summed E-state index contributed by atoms with van der Waals surface area (Å²) >= 11 is 1.30. The number of esters is 2. The van der Waals surface area contributed by atoms with Gasteiger partial charge in [-0.3, -0.25) is 4.79 Å². The first kappa shape index (κ1) is 28.7. The Balaban J connectivity index is 1.44. The van der Waals surface area contributed by atoms with Crippen LogP contribution in [0.5, 0.6) is 0 Å². The highest BCUT2D eigenvalue weighted by atomic mass is 32.1. The number of carbonyl (C=O) groups is 3. The van der Waals surface area contributed by atoms with E-state index in [1.807, 2.05) is 4.90 Å². The molecule has 2 saturated heterocycles. The molecule has 0 radical (unpaired) electrons. The molecule has 2 aliphatic rings. The predicted molar refractivity (Wildman–Crippen MR) is 138 cm³/mol. The molecular formula is C23H38N4O7SSi. The van der Waals surface area contributed by atoms with Crippen LogP contribution in [-0.4, -0.2) is 88.9 Å². The monoisotopic (exact) mass is 542 g/mol. The van der Waals surface area contributed by atoms with E-state index in [0.29, 0.717) is 31.4 Å². The minimum Gasteiger partial charge on any atom is -0.415 e. The van der Waals surface area contributed by atoms with Crippen LogP contribution < -0.4 is 16.0 Å². The highest BCUT2D eigenvalue weighted by molar-refractivity contribution is 7.13. The fraction of sp³-hybridized carbons (Fsp3) is 0.739. The summed E-state index contributed by atoms with van der Waals surface area (Å²) < 4.78 is 21.6. The first-order valence-electron chi connectivity index (χ1n) is 12.2. The van der Waals surface area contributed by atoms with Crippen molar-refractivity contribution >= 4 is 42.6 Å². The Hall–Kier alpha value is -1.90. The van der Waals surface area contributed by atoms with Gasteiger partial charge in [-0.15, -0.1) is 11.3 Å². The molecule has 3 rings (SSSR count). The lowest BCUT2D eigenvalue weighted by atomic mass is 10.1. The van der Waals surface area contributed by atoms with E-state index in [2.05, 4.69) is 44.2 Å². The molecule has 11 nitrogen and oxygen atoms in total. The van der Waals surface area contributed by atoms with Gasteiger partial charge in [-0.25, -0.2) is 14.6 Å². The molecule has 3 N–H and O–H groups in total. The fourth-order valence-corrected chi connectivity index (χ4v) is 5.33. The number of anilines is 1. The number of nitrogens with zero attached hydrogens (tertiary/aromatic N) is 2. The zero-order valence-corrected chi connectivity index (χ0v) is 23.5. The van der Waals surface area contributed by atoms with Gasteiger partial charge in [0.1, 0.15) is 6.04 Å². The van der Waals surface area contributed by atoms with Crippen molar-refractivity contribution in [1.82, 2.24) is 10.3 Å². The lowest BCUT2D eigenvalue weighted by Crippen LogP contribution is -2.50. The van der Waals surface area contributed by atoms with Crippen molar-refractivity contribution in [3.05, 3.63) is 11.1 Å². The number of piperidine rings is 1. The molecular weight excluding hydrogens is 504 g/mol. The van der Waals surface area contributed by atoms with Gasteiger partial charge in [0.15, 0.2) is 25.2 Å². The van der Waals surface area contributed by atoms with Gasteiger partial charge in [0.25, 0.3) is 5.91 Å². The summed E-state index contributed by atoms with van der Waals surface area (Å²) in [5, 5.41) is 5.23. The number of nitrogens with two attached hydrogens (primary N) is 1. The molecule has 3 heterocycles. The topological polar surface area (TPSA) is 142 Å². The number of aromatic nitrogens is 1. The van der Waals surface area contributed by atoms with Crippen molar-refractivity contribution in [3.63, 3.8) is 0 Å². The van der Waals surface area contributed by atoms with E-state index >= 15 is 0 Å². The molecule has 1 unspecified atom stereocenters. The van der Waals surface area contributed by atoms with Gasteiger partial charge in [-0.05, 0) is 31.0 Å². The summed E-state index contributed by atoms with van der Waals surface area (Å²) in [5.74, 6) is -1.82. The van der Waals surface area contributed by atoms with Crippen LogP contribution in [0, 0.1) is 0 Å². The van der Waals surface area contributed by atoms with Crippen molar-refractivity contribution in [2.75, 3.05) is 44.4 Å². The standard InChI is InChI=1S/C23H38N4O7SSi/c1-23(2,3)36(4,5)33-12-16(24)20(29)34-21(30)17-14-35-22(26-17)27-8-6-15(7-9-27)25-19(28)18-13-31-10-11-32-18/h14-16,18H,6-13,24H2,1-5H3,(H,25,28)/t16-,18?/m0/s1. The Kier molecular flexibility index (Phi) is 9.63. The second kappa shape index (κ2) is 12.1. The maximum Gasteiger partial charge on any atom is 0.365 e. The Morgan fingerprint density at radius 2 is 1.97 bits per heavy atom. The maximum absolute atomic E-state index is 12.5. The molecule has 36 heavy (non-hydrogen) atoms. The zero-order chi connectivity index (χ0) is 26.5. The van der Waals surface area contributed by atoms with E-state index in [4.69, 9.17) is 24.4 Å². The SMILES string of the molecule is CC(C)(C)[Si](C)(C)OC[C@H](N)C(=O)OC(=O)c1csc(N2CCC(NC(=O)C3COCCO3)CC2)n1. The summed E-state index contributed by atoms with van der Waals surface area (Å²) in [5.41, 5.74) is 5.97. The molecule has 0 saturated carbocycles. The Labute approximate surface area is 217 Å². The molecule has 0 aliphatic carbocycles. The molecule has 202 valence electrons. The number of hydrogen-bond donors (Lipinski definition) is 2. The third kappa shape index (κ3) is 7.55. The molecule has 2 aliphatic heterocycles. The van der Waals surface area contributed by atoms with Gasteiger partial charge in [0, 0.05) is 24.5 Å². The molecule has 1 aromatic rings. The van der Waals surface area contributed by atoms with Gasteiger partial charge in [0.2, 0.25) is 0 Å². The van der Waals surface area contributed by atoms with E-state index in [0.717, 1.165) is 12.8 Å². The van der Waals surface area contributed by atoms with E-state index in [-0.39, 0.29) is 35.9 Å². The second-order valence-electron chi connectivity index (χ2n) is 10.6. The lowest BCUT2D eigenvalue weighted by Gasteiger charge is -2.36. The highest BCUT2D eigenvalue weighted by Crippen LogP contribution is 2.36. The quantitative estimate of drug-likeness (QED) is 0.283. The van der Waals surface area contributed by atoms with E-state index in [1.54, 1.807) is 5.38 Å². The summed E-state index contributed by atoms with van der Waals surface area (Å²) in [6, 6.07) is -1.02. The van der Waals surface area contributed by atoms with Crippen LogP contribution in [0.1, 0.15) is 44.1 Å². The Morgan fingerprint density at radius 1 is 1.28 bits per heavy atom. The number of nitrogens with one attached hydrogen (secondary N) is 1. The number of ether oxygens (including phenoxy) is 3. The van der Waals surface area contributed by atoms with Crippen LogP contribution in [0.4, 0.5) is 5.13 Å². The molecule has 2 atom stereocenters. The van der Waals surface area contributed by atoms with E-state index in [1.165, 1.54) is 11.3 Å². The van der Waals surface area contributed by atoms with Crippen molar-refractivity contribution in [1.29, 1.82) is 0 Å². The summed E-state index contributed by atoms with van der Waals surface area (Å²) in [4.78, 5) is 43.5. The van der Waals surface area contributed by atoms with Crippen LogP contribution in [0.2, 0.25) is 18.1 Å². The minimum atomic E-state index is -2.08. The third-order valence-corrected chi connectivity index (χ3v) is 12.2. The number of amides is 1. The van der Waals surface area contributed by atoms with Crippen LogP contribution in [0.15, 0.2) is 5.38 Å². The molecule has 13 heteroatoms. The number of thiazole rings is 1. The van der Waals surface area contributed by atoms with Crippen LogP contribution in [-0.2, 0) is 28.2 Å². The molecule has 1 amide bonds. The number of rotatable bonds is 8. The van der Waals surface area contributed by atoms with Crippen molar-refractivity contribution in [2.45, 2.75) is 69.9 Å². The second-order valence-corrected chi connectivity index (χ2v) is 16.3. The van der Waals surface area contributed by atoms with Crippen molar-refractivity contribution in [2.24, 2.45) is 5.73 Å². The minimum absolute atomic E-state index is 0.00367. The first-order chi connectivity index (χ1) is 16.9. The van der Waals surface area contributed by atoms with Gasteiger partial charge in [-0.1, -0.05) is 20.8 Å². The maximum atomic E-state index is 12.5. The van der Waals surface area contributed by atoms with Crippen LogP contribution in [0.3, 0.4) is 0 Å². The number of carbonyl (C=O) groups excluding carboxylic acids is 3. The fourth-order valence-electron chi connectivity index (χ4n) is 3.45. The lowest BCUT2D eigenvalue weighted by molar-refractivity contribution is -0.148. The molecule has 0 spiro atoms. The first-order valence-corrected chi connectivity index (χ1v) is 16.0.